The largest absolute Gasteiger partial charge is 0.314 e. The highest BCUT2D eigenvalue weighted by Crippen LogP contribution is 2.20. The molecule has 3 rings (SSSR count). The number of tetrazole rings is 1. The molecule has 5 nitrogen and oxygen atoms in total. The average molecular weight is 304 g/mol. The number of benzene rings is 1. The van der Waals surface area contributed by atoms with Crippen LogP contribution in [0.15, 0.2) is 42.6 Å². The minimum Gasteiger partial charge on any atom is -0.314 e. The van der Waals surface area contributed by atoms with Crippen molar-refractivity contribution < 1.29 is 0 Å². The van der Waals surface area contributed by atoms with Gasteiger partial charge in [0.25, 0.3) is 0 Å². The Labute approximate surface area is 112 Å². The summed E-state index contributed by atoms with van der Waals surface area (Å²) in [6.45, 7) is 0. The SMILES string of the molecule is BrCc1ccc(-n2cccc2-c2nn[nH]n2)cc1. The van der Waals surface area contributed by atoms with Crippen LogP contribution in [0, 0.1) is 0 Å². The average Bonchev–Trinajstić information content (AvgIpc) is 3.09. The van der Waals surface area contributed by atoms with Gasteiger partial charge in [0.1, 0.15) is 0 Å². The molecule has 1 aromatic carbocycles. The number of nitrogens with one attached hydrogen (secondary N) is 1. The molecular weight excluding hydrogens is 294 g/mol. The highest BCUT2D eigenvalue weighted by atomic mass is 79.9. The zero-order chi connectivity index (χ0) is 12.4. The molecule has 0 spiro atoms. The van der Waals surface area contributed by atoms with E-state index in [2.05, 4.69) is 60.8 Å². The Morgan fingerprint density at radius 1 is 1.17 bits per heavy atom. The maximum absolute atomic E-state index is 4.00. The molecule has 0 unspecified atom stereocenters. The molecule has 90 valence electrons. The van der Waals surface area contributed by atoms with Crippen molar-refractivity contribution in [3.63, 3.8) is 0 Å². The minimum atomic E-state index is 0.588. The number of hydrogen-bond donors (Lipinski definition) is 1. The molecule has 2 heterocycles. The van der Waals surface area contributed by atoms with E-state index >= 15 is 0 Å². The van der Waals surface area contributed by atoms with E-state index in [1.807, 2.05) is 22.9 Å². The summed E-state index contributed by atoms with van der Waals surface area (Å²) in [7, 11) is 0. The fourth-order valence-corrected chi connectivity index (χ4v) is 2.18. The van der Waals surface area contributed by atoms with Crippen LogP contribution in [0.5, 0.6) is 0 Å². The summed E-state index contributed by atoms with van der Waals surface area (Å²) in [6, 6.07) is 12.2. The van der Waals surface area contributed by atoms with E-state index in [4.69, 9.17) is 0 Å². The van der Waals surface area contributed by atoms with Crippen LogP contribution in [0.4, 0.5) is 0 Å². The van der Waals surface area contributed by atoms with Gasteiger partial charge < -0.3 is 4.57 Å². The van der Waals surface area contributed by atoms with E-state index in [1.54, 1.807) is 0 Å². The molecule has 2 aromatic heterocycles. The molecular formula is C12H10BrN5. The van der Waals surface area contributed by atoms with Crippen molar-refractivity contribution in [3.05, 3.63) is 48.2 Å². The van der Waals surface area contributed by atoms with Gasteiger partial charge in [-0.15, -0.1) is 10.2 Å². The van der Waals surface area contributed by atoms with Crippen LogP contribution < -0.4 is 0 Å². The summed E-state index contributed by atoms with van der Waals surface area (Å²) in [5.41, 5.74) is 3.23. The van der Waals surface area contributed by atoms with Gasteiger partial charge in [0, 0.05) is 17.2 Å². The molecule has 0 atom stereocenters. The van der Waals surface area contributed by atoms with Gasteiger partial charge in [0.15, 0.2) is 0 Å². The smallest absolute Gasteiger partial charge is 0.221 e. The van der Waals surface area contributed by atoms with Gasteiger partial charge in [-0.3, -0.25) is 0 Å². The summed E-state index contributed by atoms with van der Waals surface area (Å²) in [6.07, 6.45) is 1.98. The third kappa shape index (κ3) is 1.95. The van der Waals surface area contributed by atoms with Gasteiger partial charge in [-0.2, -0.15) is 5.21 Å². The highest BCUT2D eigenvalue weighted by molar-refractivity contribution is 9.08. The zero-order valence-electron chi connectivity index (χ0n) is 9.42. The molecule has 0 aliphatic carbocycles. The van der Waals surface area contributed by atoms with Gasteiger partial charge in [-0.1, -0.05) is 28.1 Å². The number of rotatable bonds is 3. The number of aromatic nitrogens is 5. The van der Waals surface area contributed by atoms with E-state index < -0.39 is 0 Å². The normalized spacial score (nSPS) is 10.7. The molecule has 0 fully saturated rings. The van der Waals surface area contributed by atoms with Crippen LogP contribution in [0.3, 0.4) is 0 Å². The number of nitrogens with zero attached hydrogens (tertiary/aromatic N) is 4. The van der Waals surface area contributed by atoms with E-state index in [0.717, 1.165) is 16.7 Å². The third-order valence-corrected chi connectivity index (χ3v) is 3.34. The number of hydrogen-bond acceptors (Lipinski definition) is 3. The van der Waals surface area contributed by atoms with Crippen molar-refractivity contribution in [2.75, 3.05) is 0 Å². The van der Waals surface area contributed by atoms with Crippen molar-refractivity contribution in [1.82, 2.24) is 25.2 Å². The molecule has 3 aromatic rings. The minimum absolute atomic E-state index is 0.588. The third-order valence-electron chi connectivity index (χ3n) is 2.69. The second-order valence-corrected chi connectivity index (χ2v) is 4.36. The van der Waals surface area contributed by atoms with Gasteiger partial charge in [-0.05, 0) is 35.0 Å². The second-order valence-electron chi connectivity index (χ2n) is 3.80. The Balaban J connectivity index is 2.04. The Hall–Kier alpha value is -1.95. The van der Waals surface area contributed by atoms with Gasteiger partial charge in [0.2, 0.25) is 5.82 Å². The van der Waals surface area contributed by atoms with Crippen LogP contribution in [-0.4, -0.2) is 25.2 Å². The van der Waals surface area contributed by atoms with E-state index in [-0.39, 0.29) is 0 Å². The van der Waals surface area contributed by atoms with Crippen LogP contribution in [-0.2, 0) is 5.33 Å². The van der Waals surface area contributed by atoms with E-state index in [1.165, 1.54) is 5.56 Å². The van der Waals surface area contributed by atoms with Crippen molar-refractivity contribution in [1.29, 1.82) is 0 Å². The summed E-state index contributed by atoms with van der Waals surface area (Å²) in [5.74, 6) is 0.588. The molecule has 1 N–H and O–H groups in total. The molecule has 0 radical (unpaired) electrons. The Kier molecular flexibility index (Phi) is 2.93. The lowest BCUT2D eigenvalue weighted by atomic mass is 10.2. The first-order chi connectivity index (χ1) is 8.88. The first-order valence-electron chi connectivity index (χ1n) is 5.45. The summed E-state index contributed by atoms with van der Waals surface area (Å²) in [4.78, 5) is 0. The van der Waals surface area contributed by atoms with Crippen LogP contribution in [0.2, 0.25) is 0 Å². The molecule has 0 amide bonds. The lowest BCUT2D eigenvalue weighted by Crippen LogP contribution is -1.96. The fourth-order valence-electron chi connectivity index (χ4n) is 1.80. The topological polar surface area (TPSA) is 59.4 Å². The predicted molar refractivity (Wildman–Crippen MR) is 71.6 cm³/mol. The Morgan fingerprint density at radius 2 is 2.00 bits per heavy atom. The standard InChI is InChI=1S/C12H10BrN5/c13-8-9-3-5-10(6-4-9)18-7-1-2-11(18)12-14-16-17-15-12/h1-7H,8H2,(H,14,15,16,17). The molecule has 18 heavy (non-hydrogen) atoms. The first-order valence-corrected chi connectivity index (χ1v) is 6.57. The van der Waals surface area contributed by atoms with Crippen LogP contribution in [0.1, 0.15) is 5.56 Å². The van der Waals surface area contributed by atoms with Crippen LogP contribution in [0.25, 0.3) is 17.2 Å². The van der Waals surface area contributed by atoms with Crippen molar-refractivity contribution in [2.24, 2.45) is 0 Å². The van der Waals surface area contributed by atoms with Crippen molar-refractivity contribution in [2.45, 2.75) is 5.33 Å². The van der Waals surface area contributed by atoms with Gasteiger partial charge in [-0.25, -0.2) is 0 Å². The number of aromatic amines is 1. The molecule has 0 aliphatic rings. The molecule has 0 saturated carbocycles. The van der Waals surface area contributed by atoms with Crippen molar-refractivity contribution >= 4 is 15.9 Å². The van der Waals surface area contributed by atoms with Gasteiger partial charge >= 0.3 is 0 Å². The Morgan fingerprint density at radius 3 is 2.67 bits per heavy atom. The monoisotopic (exact) mass is 303 g/mol. The summed E-state index contributed by atoms with van der Waals surface area (Å²) in [5, 5.41) is 14.9. The summed E-state index contributed by atoms with van der Waals surface area (Å²) >= 11 is 3.44. The lowest BCUT2D eigenvalue weighted by molar-refractivity contribution is 0.881. The molecule has 0 saturated heterocycles. The number of H-pyrrole nitrogens is 1. The lowest BCUT2D eigenvalue weighted by Gasteiger charge is -2.07. The molecule has 0 bridgehead atoms. The van der Waals surface area contributed by atoms with Crippen LogP contribution >= 0.6 is 15.9 Å². The fraction of sp³-hybridized carbons (Fsp3) is 0.0833. The maximum atomic E-state index is 4.00. The van der Waals surface area contributed by atoms with E-state index in [9.17, 15) is 0 Å². The summed E-state index contributed by atoms with van der Waals surface area (Å²) < 4.78 is 2.03. The number of alkyl halides is 1. The molecule has 0 aliphatic heterocycles. The zero-order valence-corrected chi connectivity index (χ0v) is 11.0. The number of halogens is 1. The first kappa shape index (κ1) is 11.2. The molecule has 6 heteroatoms. The second kappa shape index (κ2) is 4.73. The predicted octanol–water partition coefficient (Wildman–Crippen LogP) is 2.55. The Bertz CT molecular complexity index is 627. The highest BCUT2D eigenvalue weighted by Gasteiger charge is 2.09. The quantitative estimate of drug-likeness (QED) is 0.757. The maximum Gasteiger partial charge on any atom is 0.221 e. The van der Waals surface area contributed by atoms with Crippen molar-refractivity contribution in [3.8, 4) is 17.2 Å². The van der Waals surface area contributed by atoms with E-state index in [0.29, 0.717) is 5.82 Å². The van der Waals surface area contributed by atoms with Gasteiger partial charge in [0.05, 0.1) is 5.69 Å².